The van der Waals surface area contributed by atoms with Crippen LogP contribution in [0.1, 0.15) is 6.42 Å². The van der Waals surface area contributed by atoms with Crippen LogP contribution < -0.4 is 9.64 Å². The second-order valence-electron chi connectivity index (χ2n) is 2.73. The van der Waals surface area contributed by atoms with Crippen molar-refractivity contribution in [1.82, 2.24) is 15.0 Å². The topological polar surface area (TPSA) is 51.1 Å². The third-order valence-electron chi connectivity index (χ3n) is 1.90. The molecule has 2 rings (SSSR count). The molecule has 0 atom stereocenters. The van der Waals surface area contributed by atoms with Gasteiger partial charge in [-0.05, 0) is 18.0 Å². The number of hydrogen-bond acceptors (Lipinski definition) is 5. The lowest BCUT2D eigenvalue weighted by molar-refractivity contribution is 0.377. The lowest BCUT2D eigenvalue weighted by Gasteiger charge is -2.30. The van der Waals surface area contributed by atoms with E-state index in [1.54, 1.807) is 0 Å². The molecule has 0 unspecified atom stereocenters. The highest BCUT2D eigenvalue weighted by molar-refractivity contribution is 6.28. The summed E-state index contributed by atoms with van der Waals surface area (Å²) in [5.74, 6) is 0.600. The molecule has 13 heavy (non-hydrogen) atoms. The van der Waals surface area contributed by atoms with Gasteiger partial charge in [-0.15, -0.1) is 0 Å². The van der Waals surface area contributed by atoms with Crippen LogP contribution in [0.4, 0.5) is 5.95 Å². The molecule has 0 bridgehead atoms. The minimum atomic E-state index is 0.175. The molecule has 0 radical (unpaired) electrons. The van der Waals surface area contributed by atoms with Crippen molar-refractivity contribution in [1.29, 1.82) is 0 Å². The normalized spacial score (nSPS) is 15.4. The largest absolute Gasteiger partial charge is 0.467 e. The maximum atomic E-state index is 5.69. The minimum Gasteiger partial charge on any atom is -0.467 e. The molecule has 1 aliphatic rings. The Morgan fingerprint density at radius 2 is 2.08 bits per heavy atom. The average Bonchev–Trinajstić information content (AvgIpc) is 2.00. The summed E-state index contributed by atoms with van der Waals surface area (Å²) in [5.41, 5.74) is 0. The average molecular weight is 201 g/mol. The van der Waals surface area contributed by atoms with Crippen molar-refractivity contribution in [3.63, 3.8) is 0 Å². The zero-order valence-electron chi connectivity index (χ0n) is 7.20. The molecule has 1 aromatic rings. The van der Waals surface area contributed by atoms with E-state index in [2.05, 4.69) is 15.0 Å². The fraction of sp³-hybridized carbons (Fsp3) is 0.571. The van der Waals surface area contributed by atoms with E-state index in [1.807, 2.05) is 4.90 Å². The number of nitrogens with zero attached hydrogens (tertiary/aromatic N) is 4. The first-order chi connectivity index (χ1) is 6.29. The number of ether oxygens (including phenoxy) is 1. The molecule has 1 saturated heterocycles. The second-order valence-corrected chi connectivity index (χ2v) is 3.07. The highest BCUT2D eigenvalue weighted by Crippen LogP contribution is 2.19. The maximum Gasteiger partial charge on any atom is 0.322 e. The smallest absolute Gasteiger partial charge is 0.322 e. The highest BCUT2D eigenvalue weighted by atomic mass is 35.5. The molecule has 0 saturated carbocycles. The Balaban J connectivity index is 2.28. The van der Waals surface area contributed by atoms with E-state index in [-0.39, 0.29) is 11.3 Å². The van der Waals surface area contributed by atoms with Crippen LogP contribution in [0.3, 0.4) is 0 Å². The van der Waals surface area contributed by atoms with Crippen molar-refractivity contribution in [2.45, 2.75) is 6.42 Å². The van der Waals surface area contributed by atoms with E-state index in [4.69, 9.17) is 16.3 Å². The predicted octanol–water partition coefficient (Wildman–Crippen LogP) is 0.744. The fourth-order valence-corrected chi connectivity index (χ4v) is 1.22. The Bertz CT molecular complexity index is 315. The van der Waals surface area contributed by atoms with Crippen molar-refractivity contribution in [2.75, 3.05) is 25.1 Å². The van der Waals surface area contributed by atoms with E-state index in [0.29, 0.717) is 5.95 Å². The number of aromatic nitrogens is 3. The van der Waals surface area contributed by atoms with E-state index in [9.17, 15) is 0 Å². The zero-order chi connectivity index (χ0) is 9.26. The van der Waals surface area contributed by atoms with Gasteiger partial charge in [-0.2, -0.15) is 15.0 Å². The van der Waals surface area contributed by atoms with Gasteiger partial charge >= 0.3 is 6.01 Å². The molecular formula is C7H9ClN4O. The Kier molecular flexibility index (Phi) is 2.18. The number of hydrogen-bond donors (Lipinski definition) is 0. The van der Waals surface area contributed by atoms with Gasteiger partial charge in [0.2, 0.25) is 11.2 Å². The molecule has 70 valence electrons. The molecule has 5 nitrogen and oxygen atoms in total. The first-order valence-electron chi connectivity index (χ1n) is 4.00. The van der Waals surface area contributed by atoms with Crippen LogP contribution in [0.25, 0.3) is 0 Å². The zero-order valence-corrected chi connectivity index (χ0v) is 7.95. The molecule has 0 amide bonds. The standard InChI is InChI=1S/C7H9ClN4O/c1-13-7-10-5(8)9-6(11-7)12-3-2-4-12/h2-4H2,1H3. The summed E-state index contributed by atoms with van der Waals surface area (Å²) in [7, 11) is 1.51. The summed E-state index contributed by atoms with van der Waals surface area (Å²) in [4.78, 5) is 13.9. The van der Waals surface area contributed by atoms with Crippen molar-refractivity contribution in [3.05, 3.63) is 5.28 Å². The monoisotopic (exact) mass is 200 g/mol. The van der Waals surface area contributed by atoms with Crippen LogP contribution in [0.15, 0.2) is 0 Å². The number of rotatable bonds is 2. The fourth-order valence-electron chi connectivity index (χ4n) is 1.07. The highest BCUT2D eigenvalue weighted by Gasteiger charge is 2.18. The molecule has 6 heteroatoms. The molecule has 1 aromatic heterocycles. The molecular weight excluding hydrogens is 192 g/mol. The van der Waals surface area contributed by atoms with Crippen LogP contribution in [-0.2, 0) is 0 Å². The number of anilines is 1. The summed E-state index contributed by atoms with van der Waals surface area (Å²) in [6.45, 7) is 1.95. The van der Waals surface area contributed by atoms with Gasteiger partial charge in [-0.1, -0.05) is 0 Å². The van der Waals surface area contributed by atoms with Crippen molar-refractivity contribution >= 4 is 17.5 Å². The van der Waals surface area contributed by atoms with Gasteiger partial charge in [0.15, 0.2) is 0 Å². The third kappa shape index (κ3) is 1.65. The maximum absolute atomic E-state index is 5.69. The lowest BCUT2D eigenvalue weighted by atomic mass is 10.2. The van der Waals surface area contributed by atoms with E-state index in [0.717, 1.165) is 13.1 Å². The van der Waals surface area contributed by atoms with Crippen molar-refractivity contribution in [2.24, 2.45) is 0 Å². The molecule has 1 fully saturated rings. The Morgan fingerprint density at radius 1 is 1.31 bits per heavy atom. The summed E-state index contributed by atoms with van der Waals surface area (Å²) in [6.07, 6.45) is 1.17. The van der Waals surface area contributed by atoms with Gasteiger partial charge in [0, 0.05) is 13.1 Å². The first-order valence-corrected chi connectivity index (χ1v) is 4.38. The van der Waals surface area contributed by atoms with Gasteiger partial charge in [-0.25, -0.2) is 0 Å². The van der Waals surface area contributed by atoms with Gasteiger partial charge in [0.1, 0.15) is 0 Å². The SMILES string of the molecule is COc1nc(Cl)nc(N2CCC2)n1. The quantitative estimate of drug-likeness (QED) is 0.705. The van der Waals surface area contributed by atoms with Crippen LogP contribution in [-0.4, -0.2) is 35.2 Å². The van der Waals surface area contributed by atoms with E-state index < -0.39 is 0 Å². The van der Waals surface area contributed by atoms with Crippen LogP contribution in [0.2, 0.25) is 5.28 Å². The Labute approximate surface area is 80.7 Å². The van der Waals surface area contributed by atoms with E-state index >= 15 is 0 Å². The molecule has 0 aliphatic carbocycles. The summed E-state index contributed by atoms with van der Waals surface area (Å²) >= 11 is 5.69. The van der Waals surface area contributed by atoms with Crippen molar-refractivity contribution in [3.8, 4) is 6.01 Å². The Morgan fingerprint density at radius 3 is 2.62 bits per heavy atom. The first kappa shape index (κ1) is 8.50. The van der Waals surface area contributed by atoms with Crippen LogP contribution in [0, 0.1) is 0 Å². The molecule has 0 spiro atoms. The van der Waals surface area contributed by atoms with Gasteiger partial charge in [0.25, 0.3) is 0 Å². The summed E-state index contributed by atoms with van der Waals surface area (Å²) in [5, 5.41) is 0.175. The van der Waals surface area contributed by atoms with Gasteiger partial charge in [-0.3, -0.25) is 0 Å². The van der Waals surface area contributed by atoms with E-state index in [1.165, 1.54) is 13.5 Å². The van der Waals surface area contributed by atoms with Crippen LogP contribution in [0.5, 0.6) is 6.01 Å². The second kappa shape index (κ2) is 3.33. The molecule has 0 aromatic carbocycles. The molecule has 2 heterocycles. The lowest BCUT2D eigenvalue weighted by Crippen LogP contribution is -2.38. The molecule has 0 N–H and O–H groups in total. The minimum absolute atomic E-state index is 0.175. The summed E-state index contributed by atoms with van der Waals surface area (Å²) < 4.78 is 4.88. The number of halogens is 1. The third-order valence-corrected chi connectivity index (χ3v) is 2.07. The number of methoxy groups -OCH3 is 1. The Hall–Kier alpha value is -1.10. The summed E-state index contributed by atoms with van der Waals surface area (Å²) in [6, 6.07) is 0.266. The van der Waals surface area contributed by atoms with Crippen molar-refractivity contribution < 1.29 is 4.74 Å². The molecule has 1 aliphatic heterocycles. The van der Waals surface area contributed by atoms with Crippen LogP contribution >= 0.6 is 11.6 Å². The van der Waals surface area contributed by atoms with Gasteiger partial charge < -0.3 is 9.64 Å². The predicted molar refractivity (Wildman–Crippen MR) is 48.2 cm³/mol. The van der Waals surface area contributed by atoms with Gasteiger partial charge in [0.05, 0.1) is 7.11 Å².